The monoisotopic (exact) mass is 336 g/mol. The summed E-state index contributed by atoms with van der Waals surface area (Å²) in [5.74, 6) is 0. The number of hydrogen-bond donors (Lipinski definition) is 0. The zero-order valence-electron chi connectivity index (χ0n) is 13.6. The lowest BCUT2D eigenvalue weighted by molar-refractivity contribution is 0.667. The predicted molar refractivity (Wildman–Crippen MR) is 102 cm³/mol. The molecule has 0 saturated heterocycles. The Kier molecular flexibility index (Phi) is 2.58. The minimum atomic E-state index is 0.792. The van der Waals surface area contributed by atoms with Crippen molar-refractivity contribution in [2.24, 2.45) is 0 Å². The number of benzene rings is 2. The SMILES string of the molecule is c1ccc2c(c1)oc1cc(-c3ccc4c(c3)oc3cccnc34)ncc12. The van der Waals surface area contributed by atoms with Crippen LogP contribution in [0.3, 0.4) is 0 Å². The van der Waals surface area contributed by atoms with E-state index in [2.05, 4.69) is 16.0 Å². The van der Waals surface area contributed by atoms with E-state index in [1.165, 1.54) is 0 Å². The second kappa shape index (κ2) is 4.92. The van der Waals surface area contributed by atoms with Gasteiger partial charge in [0.15, 0.2) is 5.58 Å². The van der Waals surface area contributed by atoms with Crippen LogP contribution in [0.4, 0.5) is 0 Å². The quantitative estimate of drug-likeness (QED) is 0.373. The van der Waals surface area contributed by atoms with E-state index < -0.39 is 0 Å². The van der Waals surface area contributed by atoms with Gasteiger partial charge in [0.2, 0.25) is 0 Å². The summed E-state index contributed by atoms with van der Waals surface area (Å²) in [5.41, 5.74) is 6.03. The van der Waals surface area contributed by atoms with Gasteiger partial charge in [-0.25, -0.2) is 0 Å². The third-order valence-electron chi connectivity index (χ3n) is 4.79. The molecule has 122 valence electrons. The minimum Gasteiger partial charge on any atom is -0.456 e. The van der Waals surface area contributed by atoms with Gasteiger partial charge in [0.1, 0.15) is 22.3 Å². The van der Waals surface area contributed by atoms with Crippen LogP contribution in [0, 0.1) is 0 Å². The topological polar surface area (TPSA) is 52.1 Å². The second-order valence-electron chi connectivity index (χ2n) is 6.33. The molecule has 4 aromatic heterocycles. The van der Waals surface area contributed by atoms with Gasteiger partial charge in [-0.1, -0.05) is 24.3 Å². The maximum absolute atomic E-state index is 5.98. The van der Waals surface area contributed by atoms with Gasteiger partial charge >= 0.3 is 0 Å². The van der Waals surface area contributed by atoms with Gasteiger partial charge in [-0.2, -0.15) is 0 Å². The minimum absolute atomic E-state index is 0.792. The van der Waals surface area contributed by atoms with E-state index in [1.54, 1.807) is 6.20 Å². The van der Waals surface area contributed by atoms with E-state index in [1.807, 2.05) is 60.8 Å². The van der Waals surface area contributed by atoms with Crippen molar-refractivity contribution < 1.29 is 8.83 Å². The molecule has 0 atom stereocenters. The summed E-state index contributed by atoms with van der Waals surface area (Å²) in [5, 5.41) is 3.12. The zero-order chi connectivity index (χ0) is 17.1. The molecular formula is C22H12N2O2. The van der Waals surface area contributed by atoms with Crippen LogP contribution >= 0.6 is 0 Å². The maximum Gasteiger partial charge on any atom is 0.153 e. The smallest absolute Gasteiger partial charge is 0.153 e. The summed E-state index contributed by atoms with van der Waals surface area (Å²) >= 11 is 0. The highest BCUT2D eigenvalue weighted by molar-refractivity contribution is 6.06. The van der Waals surface area contributed by atoms with Crippen molar-refractivity contribution in [2.75, 3.05) is 0 Å². The fourth-order valence-electron chi connectivity index (χ4n) is 3.53. The molecule has 0 radical (unpaired) electrons. The van der Waals surface area contributed by atoms with E-state index >= 15 is 0 Å². The molecule has 0 aliphatic rings. The zero-order valence-corrected chi connectivity index (χ0v) is 13.6. The standard InChI is InChI=1S/C22H12N2O2/c1-2-5-18-14(4-1)16-12-24-17(11-21(16)25-18)13-7-8-15-20(10-13)26-19-6-3-9-23-22(15)19/h1-12H. The first-order valence-electron chi connectivity index (χ1n) is 8.42. The van der Waals surface area contributed by atoms with Crippen molar-refractivity contribution in [1.29, 1.82) is 0 Å². The summed E-state index contributed by atoms with van der Waals surface area (Å²) in [7, 11) is 0. The first-order chi connectivity index (χ1) is 12.9. The van der Waals surface area contributed by atoms with Crippen LogP contribution in [0.1, 0.15) is 0 Å². The molecule has 4 nitrogen and oxygen atoms in total. The van der Waals surface area contributed by atoms with Crippen molar-refractivity contribution >= 4 is 44.0 Å². The summed E-state index contributed by atoms with van der Waals surface area (Å²) in [6.07, 6.45) is 3.66. The number of rotatable bonds is 1. The summed E-state index contributed by atoms with van der Waals surface area (Å²) in [6.45, 7) is 0. The Balaban J connectivity index is 1.57. The van der Waals surface area contributed by atoms with Crippen LogP contribution in [0.25, 0.3) is 55.3 Å². The molecule has 0 fully saturated rings. The molecule has 0 aliphatic heterocycles. The van der Waals surface area contributed by atoms with Crippen molar-refractivity contribution in [3.05, 3.63) is 73.1 Å². The summed E-state index contributed by atoms with van der Waals surface area (Å²) in [4.78, 5) is 9.06. The molecule has 6 rings (SSSR count). The Bertz CT molecular complexity index is 1330. The van der Waals surface area contributed by atoms with Crippen LogP contribution in [0.5, 0.6) is 0 Å². The molecule has 0 saturated carbocycles. The molecule has 0 aliphatic carbocycles. The third-order valence-corrected chi connectivity index (χ3v) is 4.79. The van der Waals surface area contributed by atoms with Crippen molar-refractivity contribution in [3.8, 4) is 11.3 Å². The normalized spacial score (nSPS) is 11.8. The van der Waals surface area contributed by atoms with E-state index in [9.17, 15) is 0 Å². The predicted octanol–water partition coefficient (Wildman–Crippen LogP) is 5.94. The van der Waals surface area contributed by atoms with Crippen LogP contribution in [-0.2, 0) is 0 Å². The number of pyridine rings is 2. The number of furan rings is 2. The lowest BCUT2D eigenvalue weighted by Crippen LogP contribution is -1.82. The van der Waals surface area contributed by atoms with Crippen molar-refractivity contribution in [3.63, 3.8) is 0 Å². The molecule has 0 bridgehead atoms. The van der Waals surface area contributed by atoms with Crippen molar-refractivity contribution in [2.45, 2.75) is 0 Å². The van der Waals surface area contributed by atoms with Gasteiger partial charge in [-0.15, -0.1) is 0 Å². The third kappa shape index (κ3) is 1.84. The van der Waals surface area contributed by atoms with Crippen LogP contribution in [-0.4, -0.2) is 9.97 Å². The maximum atomic E-state index is 5.98. The second-order valence-corrected chi connectivity index (χ2v) is 6.33. The van der Waals surface area contributed by atoms with Gasteiger partial charge in [-0.3, -0.25) is 9.97 Å². The van der Waals surface area contributed by atoms with E-state index in [0.29, 0.717) is 0 Å². The van der Waals surface area contributed by atoms with E-state index in [-0.39, 0.29) is 0 Å². The van der Waals surface area contributed by atoms with Gasteiger partial charge < -0.3 is 8.83 Å². The largest absolute Gasteiger partial charge is 0.456 e. The number of hydrogen-bond acceptors (Lipinski definition) is 4. The Morgan fingerprint density at radius 1 is 0.615 bits per heavy atom. The fraction of sp³-hybridized carbons (Fsp3) is 0. The highest BCUT2D eigenvalue weighted by Crippen LogP contribution is 2.33. The lowest BCUT2D eigenvalue weighted by atomic mass is 10.1. The molecule has 26 heavy (non-hydrogen) atoms. The average Bonchev–Trinajstić information content (AvgIpc) is 3.24. The molecule has 2 aromatic carbocycles. The Labute approximate surface area is 147 Å². The number of nitrogens with zero attached hydrogens (tertiary/aromatic N) is 2. The van der Waals surface area contributed by atoms with Crippen LogP contribution in [0.15, 0.2) is 81.9 Å². The highest BCUT2D eigenvalue weighted by atomic mass is 16.3. The van der Waals surface area contributed by atoms with E-state index in [0.717, 1.165) is 55.3 Å². The molecular weight excluding hydrogens is 324 g/mol. The Morgan fingerprint density at radius 2 is 1.46 bits per heavy atom. The van der Waals surface area contributed by atoms with Crippen LogP contribution < -0.4 is 0 Å². The van der Waals surface area contributed by atoms with E-state index in [4.69, 9.17) is 8.83 Å². The van der Waals surface area contributed by atoms with Gasteiger partial charge in [0, 0.05) is 40.2 Å². The summed E-state index contributed by atoms with van der Waals surface area (Å²) < 4.78 is 11.9. The molecule has 6 aromatic rings. The molecule has 0 amide bonds. The van der Waals surface area contributed by atoms with Crippen LogP contribution in [0.2, 0.25) is 0 Å². The first-order valence-corrected chi connectivity index (χ1v) is 8.42. The average molecular weight is 336 g/mol. The molecule has 4 heteroatoms. The van der Waals surface area contributed by atoms with Crippen molar-refractivity contribution in [1.82, 2.24) is 9.97 Å². The molecule has 0 unspecified atom stereocenters. The summed E-state index contributed by atoms with van der Waals surface area (Å²) in [6, 6.07) is 19.9. The number of fused-ring (bicyclic) bond motifs is 6. The number of aromatic nitrogens is 2. The first kappa shape index (κ1) is 13.6. The fourth-order valence-corrected chi connectivity index (χ4v) is 3.53. The van der Waals surface area contributed by atoms with Gasteiger partial charge in [0.05, 0.1) is 5.69 Å². The Morgan fingerprint density at radius 3 is 2.46 bits per heavy atom. The molecule has 4 heterocycles. The molecule has 0 spiro atoms. The highest BCUT2D eigenvalue weighted by Gasteiger charge is 2.12. The Hall–Kier alpha value is -3.66. The molecule has 0 N–H and O–H groups in total. The van der Waals surface area contributed by atoms with Gasteiger partial charge in [-0.05, 0) is 30.3 Å². The van der Waals surface area contributed by atoms with Gasteiger partial charge in [0.25, 0.3) is 0 Å². The lowest BCUT2D eigenvalue weighted by Gasteiger charge is -2.00. The number of para-hydroxylation sites is 1.